The summed E-state index contributed by atoms with van der Waals surface area (Å²) in [5.74, 6) is 0. The van der Waals surface area contributed by atoms with E-state index in [2.05, 4.69) is 0 Å². The topological polar surface area (TPSA) is 66.6 Å². The fraction of sp³-hybridized carbons (Fsp3) is 0.400. The van der Waals surface area contributed by atoms with Crippen molar-refractivity contribution in [1.29, 1.82) is 0 Å². The standard InChI is InChI=1S/C10H15N3O2S/c1-8-7-9(11)3-4-10(8)13-6-5-12(2)16(13,14)15/h3-4,7H,5-6,11H2,1-2H3. The summed E-state index contributed by atoms with van der Waals surface area (Å²) < 4.78 is 26.7. The third-order valence-corrected chi connectivity index (χ3v) is 4.69. The van der Waals surface area contributed by atoms with Crippen LogP contribution in [-0.2, 0) is 10.2 Å². The zero-order valence-electron chi connectivity index (χ0n) is 9.34. The Morgan fingerprint density at radius 2 is 2.00 bits per heavy atom. The van der Waals surface area contributed by atoms with E-state index in [1.807, 2.05) is 6.92 Å². The summed E-state index contributed by atoms with van der Waals surface area (Å²) in [5, 5.41) is 0. The highest BCUT2D eigenvalue weighted by Gasteiger charge is 2.34. The largest absolute Gasteiger partial charge is 0.399 e. The fourth-order valence-electron chi connectivity index (χ4n) is 1.83. The molecule has 2 rings (SSSR count). The summed E-state index contributed by atoms with van der Waals surface area (Å²) in [5.41, 5.74) is 7.87. The Balaban J connectivity index is 2.47. The molecule has 5 nitrogen and oxygen atoms in total. The summed E-state index contributed by atoms with van der Waals surface area (Å²) in [6.45, 7) is 2.87. The lowest BCUT2D eigenvalue weighted by molar-refractivity contribution is 0.511. The van der Waals surface area contributed by atoms with Gasteiger partial charge in [-0.05, 0) is 30.7 Å². The SMILES string of the molecule is Cc1cc(N)ccc1N1CCN(C)S1(=O)=O. The average molecular weight is 241 g/mol. The number of benzene rings is 1. The Morgan fingerprint density at radius 3 is 2.50 bits per heavy atom. The van der Waals surface area contributed by atoms with E-state index in [1.54, 1.807) is 25.2 Å². The lowest BCUT2D eigenvalue weighted by Gasteiger charge is -2.20. The third-order valence-electron chi connectivity index (χ3n) is 2.78. The van der Waals surface area contributed by atoms with Crippen LogP contribution in [0.2, 0.25) is 0 Å². The molecule has 6 heteroatoms. The number of nitrogens with zero attached hydrogens (tertiary/aromatic N) is 2. The van der Waals surface area contributed by atoms with Gasteiger partial charge in [-0.3, -0.25) is 4.31 Å². The van der Waals surface area contributed by atoms with E-state index in [0.717, 1.165) is 5.56 Å². The number of aryl methyl sites for hydroxylation is 1. The summed E-state index contributed by atoms with van der Waals surface area (Å²) >= 11 is 0. The van der Waals surface area contributed by atoms with E-state index in [-0.39, 0.29) is 0 Å². The highest BCUT2D eigenvalue weighted by molar-refractivity contribution is 7.90. The van der Waals surface area contributed by atoms with Gasteiger partial charge in [0, 0.05) is 25.8 Å². The van der Waals surface area contributed by atoms with Crippen LogP contribution >= 0.6 is 0 Å². The van der Waals surface area contributed by atoms with Gasteiger partial charge in [-0.2, -0.15) is 12.7 Å². The number of hydrogen-bond donors (Lipinski definition) is 1. The number of likely N-dealkylation sites (N-methyl/N-ethyl adjacent to an activating group) is 1. The number of hydrogen-bond acceptors (Lipinski definition) is 3. The minimum absolute atomic E-state index is 0.490. The zero-order valence-corrected chi connectivity index (χ0v) is 10.2. The van der Waals surface area contributed by atoms with Gasteiger partial charge in [0.05, 0.1) is 5.69 Å². The van der Waals surface area contributed by atoms with Crippen LogP contribution in [0.4, 0.5) is 11.4 Å². The van der Waals surface area contributed by atoms with Crippen molar-refractivity contribution in [2.45, 2.75) is 6.92 Å². The maximum atomic E-state index is 12.0. The second-order valence-corrected chi connectivity index (χ2v) is 5.91. The second-order valence-electron chi connectivity index (χ2n) is 3.95. The van der Waals surface area contributed by atoms with Gasteiger partial charge >= 0.3 is 10.2 Å². The van der Waals surface area contributed by atoms with Crippen LogP contribution in [0.25, 0.3) is 0 Å². The first-order chi connectivity index (χ1) is 7.43. The molecule has 88 valence electrons. The lowest BCUT2D eigenvalue weighted by Crippen LogP contribution is -2.31. The van der Waals surface area contributed by atoms with Crippen LogP contribution < -0.4 is 10.0 Å². The summed E-state index contributed by atoms with van der Waals surface area (Å²) in [4.78, 5) is 0. The van der Waals surface area contributed by atoms with Crippen molar-refractivity contribution in [3.05, 3.63) is 23.8 Å². The molecule has 1 aliphatic rings. The van der Waals surface area contributed by atoms with Gasteiger partial charge in [0.25, 0.3) is 0 Å². The fourth-order valence-corrected chi connectivity index (χ4v) is 3.25. The molecule has 0 spiro atoms. The van der Waals surface area contributed by atoms with Crippen molar-refractivity contribution in [1.82, 2.24) is 4.31 Å². The number of nitrogen functional groups attached to an aromatic ring is 1. The predicted molar refractivity (Wildman–Crippen MR) is 64.5 cm³/mol. The van der Waals surface area contributed by atoms with Gasteiger partial charge in [-0.1, -0.05) is 0 Å². The Labute approximate surface area is 95.6 Å². The summed E-state index contributed by atoms with van der Waals surface area (Å²) in [7, 11) is -1.74. The van der Waals surface area contributed by atoms with Crippen molar-refractivity contribution in [3.8, 4) is 0 Å². The lowest BCUT2D eigenvalue weighted by atomic mass is 10.2. The smallest absolute Gasteiger partial charge is 0.303 e. The van der Waals surface area contributed by atoms with Gasteiger partial charge in [0.2, 0.25) is 0 Å². The average Bonchev–Trinajstić information content (AvgIpc) is 2.44. The Hall–Kier alpha value is -1.27. The molecule has 1 aliphatic heterocycles. The van der Waals surface area contributed by atoms with E-state index in [1.165, 1.54) is 8.61 Å². The molecule has 1 heterocycles. The molecule has 0 unspecified atom stereocenters. The normalized spacial score (nSPS) is 20.2. The van der Waals surface area contributed by atoms with Gasteiger partial charge < -0.3 is 5.73 Å². The molecular formula is C10H15N3O2S. The molecule has 1 saturated heterocycles. The van der Waals surface area contributed by atoms with Gasteiger partial charge in [0.15, 0.2) is 0 Å². The molecule has 0 aliphatic carbocycles. The molecule has 1 aromatic carbocycles. The van der Waals surface area contributed by atoms with Crippen molar-refractivity contribution in [2.75, 3.05) is 30.2 Å². The molecule has 0 radical (unpaired) electrons. The highest BCUT2D eigenvalue weighted by Crippen LogP contribution is 2.28. The van der Waals surface area contributed by atoms with Gasteiger partial charge in [-0.15, -0.1) is 0 Å². The molecule has 0 aromatic heterocycles. The van der Waals surface area contributed by atoms with Crippen LogP contribution in [0.3, 0.4) is 0 Å². The van der Waals surface area contributed by atoms with Crippen molar-refractivity contribution in [2.24, 2.45) is 0 Å². The molecule has 0 bridgehead atoms. The van der Waals surface area contributed by atoms with Crippen molar-refractivity contribution in [3.63, 3.8) is 0 Å². The molecule has 16 heavy (non-hydrogen) atoms. The van der Waals surface area contributed by atoms with Crippen LogP contribution in [0.1, 0.15) is 5.56 Å². The van der Waals surface area contributed by atoms with Crippen LogP contribution in [0, 0.1) is 6.92 Å². The maximum Gasteiger partial charge on any atom is 0.303 e. The highest BCUT2D eigenvalue weighted by atomic mass is 32.2. The molecule has 0 saturated carbocycles. The molecule has 0 atom stereocenters. The maximum absolute atomic E-state index is 12.0. The summed E-state index contributed by atoms with van der Waals surface area (Å²) in [6.07, 6.45) is 0. The minimum Gasteiger partial charge on any atom is -0.399 e. The Morgan fingerprint density at radius 1 is 1.31 bits per heavy atom. The van der Waals surface area contributed by atoms with Crippen molar-refractivity contribution >= 4 is 21.6 Å². The molecule has 1 fully saturated rings. The molecule has 0 amide bonds. The first kappa shape index (κ1) is 11.2. The third kappa shape index (κ3) is 1.64. The number of nitrogens with two attached hydrogens (primary N) is 1. The number of anilines is 2. The van der Waals surface area contributed by atoms with E-state index in [9.17, 15) is 8.42 Å². The Bertz CT molecular complexity index is 513. The van der Waals surface area contributed by atoms with Crippen molar-refractivity contribution < 1.29 is 8.42 Å². The van der Waals surface area contributed by atoms with E-state index < -0.39 is 10.2 Å². The van der Waals surface area contributed by atoms with Gasteiger partial charge in [0.1, 0.15) is 0 Å². The monoisotopic (exact) mass is 241 g/mol. The molecular weight excluding hydrogens is 226 g/mol. The Kier molecular flexibility index (Phi) is 2.55. The van der Waals surface area contributed by atoms with E-state index >= 15 is 0 Å². The first-order valence-electron chi connectivity index (χ1n) is 5.03. The zero-order chi connectivity index (χ0) is 11.9. The molecule has 2 N–H and O–H groups in total. The minimum atomic E-state index is -3.33. The number of rotatable bonds is 1. The van der Waals surface area contributed by atoms with Crippen LogP contribution in [0.15, 0.2) is 18.2 Å². The van der Waals surface area contributed by atoms with Crippen LogP contribution in [-0.4, -0.2) is 32.9 Å². The quantitative estimate of drug-likeness (QED) is 0.731. The summed E-state index contributed by atoms with van der Waals surface area (Å²) in [6, 6.07) is 5.25. The van der Waals surface area contributed by atoms with Crippen LogP contribution in [0.5, 0.6) is 0 Å². The van der Waals surface area contributed by atoms with Gasteiger partial charge in [-0.25, -0.2) is 0 Å². The van der Waals surface area contributed by atoms with E-state index in [4.69, 9.17) is 5.73 Å². The second kappa shape index (κ2) is 3.64. The molecule has 1 aromatic rings. The predicted octanol–water partition coefficient (Wildman–Crippen LogP) is 0.574. The van der Waals surface area contributed by atoms with E-state index in [0.29, 0.717) is 24.5 Å². The first-order valence-corrected chi connectivity index (χ1v) is 6.43.